The van der Waals surface area contributed by atoms with Crippen LogP contribution in [0.1, 0.15) is 29.7 Å². The van der Waals surface area contributed by atoms with Gasteiger partial charge in [0.25, 0.3) is 0 Å². The number of nitrogens with zero attached hydrogens (tertiary/aromatic N) is 2. The monoisotopic (exact) mass is 313 g/mol. The maximum atomic E-state index is 11.7. The lowest BCUT2D eigenvalue weighted by molar-refractivity contribution is -0.113. The van der Waals surface area contributed by atoms with Crippen LogP contribution in [-0.2, 0) is 10.5 Å². The summed E-state index contributed by atoms with van der Waals surface area (Å²) in [6, 6.07) is 4.10. The van der Waals surface area contributed by atoms with Crippen molar-refractivity contribution < 1.29 is 4.79 Å². The smallest absolute Gasteiger partial charge is 0.236 e. The van der Waals surface area contributed by atoms with Crippen LogP contribution in [0.5, 0.6) is 0 Å². The topological polar surface area (TPSA) is 54.9 Å². The van der Waals surface area contributed by atoms with Crippen molar-refractivity contribution >= 4 is 45.5 Å². The third kappa shape index (κ3) is 4.59. The van der Waals surface area contributed by atoms with Crippen molar-refractivity contribution in [2.45, 2.75) is 25.5 Å². The summed E-state index contributed by atoms with van der Waals surface area (Å²) in [5.74, 6) is 1.64. The lowest BCUT2D eigenvalue weighted by Gasteiger charge is -2.00. The molecule has 0 unspecified atom stereocenters. The Bertz CT molecular complexity index is 522. The summed E-state index contributed by atoms with van der Waals surface area (Å²) in [5, 5.41) is 14.4. The standard InChI is InChI=1S/C12H15N3OS3/c1-8(2)11-14-15-12(19-11)13-10(16)7-17-6-9-4-3-5-18-9/h3-5,8H,6-7H2,1-2H3,(H,13,15,16). The molecule has 0 aliphatic rings. The highest BCUT2D eigenvalue weighted by Gasteiger charge is 2.10. The van der Waals surface area contributed by atoms with Crippen LogP contribution >= 0.6 is 34.4 Å². The van der Waals surface area contributed by atoms with Gasteiger partial charge >= 0.3 is 0 Å². The quantitative estimate of drug-likeness (QED) is 0.885. The normalized spacial score (nSPS) is 10.9. The molecule has 2 aromatic rings. The highest BCUT2D eigenvalue weighted by atomic mass is 32.2. The zero-order valence-corrected chi connectivity index (χ0v) is 13.2. The molecular weight excluding hydrogens is 298 g/mol. The van der Waals surface area contributed by atoms with Crippen LogP contribution in [0, 0.1) is 0 Å². The average molecular weight is 313 g/mol. The lowest BCUT2D eigenvalue weighted by atomic mass is 10.2. The summed E-state index contributed by atoms with van der Waals surface area (Å²) in [7, 11) is 0. The Balaban J connectivity index is 1.74. The van der Waals surface area contributed by atoms with Crippen molar-refractivity contribution in [3.05, 3.63) is 27.4 Å². The largest absolute Gasteiger partial charge is 0.300 e. The number of carbonyl (C=O) groups excluding carboxylic acids is 1. The average Bonchev–Trinajstić information content (AvgIpc) is 3.00. The van der Waals surface area contributed by atoms with Crippen LogP contribution in [0.4, 0.5) is 5.13 Å². The second-order valence-corrected chi connectivity index (χ2v) is 7.25. The van der Waals surface area contributed by atoms with Gasteiger partial charge in [-0.05, 0) is 11.4 Å². The van der Waals surface area contributed by atoms with Crippen LogP contribution in [0.3, 0.4) is 0 Å². The first-order chi connectivity index (χ1) is 9.15. The molecule has 0 fully saturated rings. The highest BCUT2D eigenvalue weighted by molar-refractivity contribution is 7.99. The molecule has 0 radical (unpaired) electrons. The number of carbonyl (C=O) groups is 1. The van der Waals surface area contributed by atoms with Crippen molar-refractivity contribution in [3.8, 4) is 0 Å². The number of anilines is 1. The van der Waals surface area contributed by atoms with Gasteiger partial charge in [0, 0.05) is 16.5 Å². The van der Waals surface area contributed by atoms with E-state index in [0.29, 0.717) is 16.8 Å². The SMILES string of the molecule is CC(C)c1nnc(NC(=O)CSCc2cccs2)s1. The Morgan fingerprint density at radius 2 is 2.32 bits per heavy atom. The molecule has 102 valence electrons. The number of hydrogen-bond acceptors (Lipinski definition) is 6. The molecule has 2 heterocycles. The van der Waals surface area contributed by atoms with Crippen molar-refractivity contribution in [2.75, 3.05) is 11.1 Å². The number of thioether (sulfide) groups is 1. The fourth-order valence-electron chi connectivity index (χ4n) is 1.31. The minimum Gasteiger partial charge on any atom is -0.300 e. The molecule has 19 heavy (non-hydrogen) atoms. The second-order valence-electron chi connectivity index (χ2n) is 4.22. The van der Waals surface area contributed by atoms with E-state index in [4.69, 9.17) is 0 Å². The van der Waals surface area contributed by atoms with Gasteiger partial charge in [-0.15, -0.1) is 33.3 Å². The number of hydrogen-bond donors (Lipinski definition) is 1. The Labute approximate surface area is 124 Å². The van der Waals surface area contributed by atoms with E-state index in [1.807, 2.05) is 11.4 Å². The van der Waals surface area contributed by atoms with Crippen LogP contribution < -0.4 is 5.32 Å². The highest BCUT2D eigenvalue weighted by Crippen LogP contribution is 2.23. The Morgan fingerprint density at radius 3 is 2.95 bits per heavy atom. The second kappa shape index (κ2) is 7.02. The molecule has 7 heteroatoms. The summed E-state index contributed by atoms with van der Waals surface area (Å²) in [4.78, 5) is 13.0. The maximum Gasteiger partial charge on any atom is 0.236 e. The molecule has 0 aliphatic heterocycles. The fraction of sp³-hybridized carbons (Fsp3) is 0.417. The van der Waals surface area contributed by atoms with Crippen molar-refractivity contribution in [2.24, 2.45) is 0 Å². The summed E-state index contributed by atoms with van der Waals surface area (Å²) in [5.41, 5.74) is 0. The van der Waals surface area contributed by atoms with E-state index >= 15 is 0 Å². The number of amides is 1. The Kier molecular flexibility index (Phi) is 5.35. The Hall–Kier alpha value is -0.920. The number of rotatable bonds is 6. The van der Waals surface area contributed by atoms with Crippen LogP contribution in [-0.4, -0.2) is 21.9 Å². The van der Waals surface area contributed by atoms with Crippen LogP contribution in [0.15, 0.2) is 17.5 Å². The summed E-state index contributed by atoms with van der Waals surface area (Å²) < 4.78 is 0. The van der Waals surface area contributed by atoms with Crippen LogP contribution in [0.2, 0.25) is 0 Å². The molecule has 0 aliphatic carbocycles. The van der Waals surface area contributed by atoms with Crippen LogP contribution in [0.25, 0.3) is 0 Å². The van der Waals surface area contributed by atoms with Gasteiger partial charge in [-0.25, -0.2) is 0 Å². The van der Waals surface area contributed by atoms with E-state index < -0.39 is 0 Å². The Morgan fingerprint density at radius 1 is 1.47 bits per heavy atom. The predicted octanol–water partition coefficient (Wildman–Crippen LogP) is 3.59. The van der Waals surface area contributed by atoms with Gasteiger partial charge in [0.05, 0.1) is 5.75 Å². The van der Waals surface area contributed by atoms with E-state index in [-0.39, 0.29) is 5.91 Å². The molecule has 0 spiro atoms. The van der Waals surface area contributed by atoms with Crippen molar-refractivity contribution in [1.29, 1.82) is 0 Å². The third-order valence-electron chi connectivity index (χ3n) is 2.24. The first kappa shape index (κ1) is 14.5. The molecular formula is C12H15N3OS3. The first-order valence-electron chi connectivity index (χ1n) is 5.88. The van der Waals surface area contributed by atoms with E-state index in [9.17, 15) is 4.79 Å². The molecule has 2 rings (SSSR count). The molecule has 0 atom stereocenters. The van der Waals surface area contributed by atoms with Gasteiger partial charge in [-0.2, -0.15) is 0 Å². The summed E-state index contributed by atoms with van der Waals surface area (Å²) in [6.07, 6.45) is 0. The molecule has 2 aromatic heterocycles. The molecule has 4 nitrogen and oxygen atoms in total. The van der Waals surface area contributed by atoms with E-state index in [1.54, 1.807) is 23.1 Å². The fourth-order valence-corrected chi connectivity index (χ4v) is 3.74. The molecule has 0 saturated carbocycles. The lowest BCUT2D eigenvalue weighted by Crippen LogP contribution is -2.13. The first-order valence-corrected chi connectivity index (χ1v) is 8.73. The van der Waals surface area contributed by atoms with Crippen molar-refractivity contribution in [3.63, 3.8) is 0 Å². The molecule has 0 aromatic carbocycles. The molecule has 0 saturated heterocycles. The zero-order valence-electron chi connectivity index (χ0n) is 10.8. The van der Waals surface area contributed by atoms with Gasteiger partial charge < -0.3 is 0 Å². The van der Waals surface area contributed by atoms with E-state index in [2.05, 4.69) is 35.4 Å². The minimum absolute atomic E-state index is 0.0204. The number of thiophene rings is 1. The molecule has 0 bridgehead atoms. The van der Waals surface area contributed by atoms with Gasteiger partial charge in [0.1, 0.15) is 5.01 Å². The summed E-state index contributed by atoms with van der Waals surface area (Å²) in [6.45, 7) is 4.12. The van der Waals surface area contributed by atoms with Gasteiger partial charge in [-0.3, -0.25) is 10.1 Å². The minimum atomic E-state index is -0.0204. The number of nitrogens with one attached hydrogen (secondary N) is 1. The zero-order chi connectivity index (χ0) is 13.7. The summed E-state index contributed by atoms with van der Waals surface area (Å²) >= 11 is 4.76. The third-order valence-corrected chi connectivity index (χ3v) is 5.42. The van der Waals surface area contributed by atoms with Crippen molar-refractivity contribution in [1.82, 2.24) is 10.2 Å². The van der Waals surface area contributed by atoms with E-state index in [1.165, 1.54) is 16.2 Å². The number of aromatic nitrogens is 2. The van der Waals surface area contributed by atoms with Gasteiger partial charge in [-0.1, -0.05) is 31.3 Å². The van der Waals surface area contributed by atoms with Gasteiger partial charge in [0.15, 0.2) is 0 Å². The maximum absolute atomic E-state index is 11.7. The van der Waals surface area contributed by atoms with Gasteiger partial charge in [0.2, 0.25) is 11.0 Å². The predicted molar refractivity (Wildman–Crippen MR) is 83.1 cm³/mol. The molecule has 1 amide bonds. The molecule has 1 N–H and O–H groups in total. The van der Waals surface area contributed by atoms with E-state index in [0.717, 1.165) is 10.8 Å².